The molecular formula is C20H26N6O. The van der Waals surface area contributed by atoms with Crippen molar-refractivity contribution in [2.75, 3.05) is 39.0 Å². The number of carbonyl (C=O) groups is 1. The number of amides is 1. The Morgan fingerprint density at radius 1 is 1.30 bits per heavy atom. The second kappa shape index (κ2) is 9.23. The number of nitrogens with one attached hydrogen (secondary N) is 1. The zero-order valence-electron chi connectivity index (χ0n) is 15.9. The monoisotopic (exact) mass is 366 g/mol. The third kappa shape index (κ3) is 5.59. The zero-order valence-corrected chi connectivity index (χ0v) is 15.9. The van der Waals surface area contributed by atoms with Gasteiger partial charge in [-0.2, -0.15) is 0 Å². The van der Waals surface area contributed by atoms with Crippen molar-refractivity contribution in [1.29, 1.82) is 0 Å². The summed E-state index contributed by atoms with van der Waals surface area (Å²) < 4.78 is 0. The van der Waals surface area contributed by atoms with Crippen molar-refractivity contribution >= 4 is 17.5 Å². The molecule has 1 atom stereocenters. The molecule has 0 aliphatic carbocycles. The SMILES string of the molecule is CN(C)C/C=C/C(=O)N1CCCC(c2ccnc(Nc3cnccn3)c2)C1. The first-order valence-electron chi connectivity index (χ1n) is 9.21. The van der Waals surface area contributed by atoms with E-state index in [4.69, 9.17) is 0 Å². The molecule has 0 radical (unpaired) electrons. The smallest absolute Gasteiger partial charge is 0.246 e. The van der Waals surface area contributed by atoms with Gasteiger partial charge in [0.1, 0.15) is 11.6 Å². The molecule has 1 fully saturated rings. The van der Waals surface area contributed by atoms with Crippen LogP contribution < -0.4 is 5.32 Å². The number of pyridine rings is 1. The highest BCUT2D eigenvalue weighted by molar-refractivity contribution is 5.87. The summed E-state index contributed by atoms with van der Waals surface area (Å²) >= 11 is 0. The lowest BCUT2D eigenvalue weighted by atomic mass is 9.91. The van der Waals surface area contributed by atoms with Crippen LogP contribution in [0.15, 0.2) is 49.1 Å². The maximum atomic E-state index is 12.4. The fraction of sp³-hybridized carbons (Fsp3) is 0.400. The van der Waals surface area contributed by atoms with Gasteiger partial charge in [0.25, 0.3) is 0 Å². The van der Waals surface area contributed by atoms with E-state index >= 15 is 0 Å². The van der Waals surface area contributed by atoms with Crippen LogP contribution in [0.5, 0.6) is 0 Å². The second-order valence-corrected chi connectivity index (χ2v) is 6.98. The topological polar surface area (TPSA) is 74.2 Å². The molecule has 1 unspecified atom stereocenters. The van der Waals surface area contributed by atoms with Crippen molar-refractivity contribution in [3.63, 3.8) is 0 Å². The summed E-state index contributed by atoms with van der Waals surface area (Å²) in [5.41, 5.74) is 1.19. The van der Waals surface area contributed by atoms with Crippen molar-refractivity contribution in [3.8, 4) is 0 Å². The zero-order chi connectivity index (χ0) is 19.1. The Labute approximate surface area is 160 Å². The number of rotatable bonds is 6. The van der Waals surface area contributed by atoms with Crippen molar-refractivity contribution in [1.82, 2.24) is 24.8 Å². The largest absolute Gasteiger partial charge is 0.339 e. The Bertz CT molecular complexity index is 777. The van der Waals surface area contributed by atoms with E-state index in [1.807, 2.05) is 42.1 Å². The molecule has 2 aromatic rings. The predicted molar refractivity (Wildman–Crippen MR) is 106 cm³/mol. The summed E-state index contributed by atoms with van der Waals surface area (Å²) in [7, 11) is 3.98. The number of nitrogens with zero attached hydrogens (tertiary/aromatic N) is 5. The van der Waals surface area contributed by atoms with Crippen LogP contribution >= 0.6 is 0 Å². The molecule has 0 spiro atoms. The van der Waals surface area contributed by atoms with E-state index in [-0.39, 0.29) is 5.91 Å². The van der Waals surface area contributed by atoms with Crippen LogP contribution in [0.4, 0.5) is 11.6 Å². The van der Waals surface area contributed by atoms with Gasteiger partial charge in [0, 0.05) is 50.2 Å². The molecule has 1 aliphatic heterocycles. The lowest BCUT2D eigenvalue weighted by Gasteiger charge is -2.32. The lowest BCUT2D eigenvalue weighted by Crippen LogP contribution is -2.38. The van der Waals surface area contributed by atoms with Crippen molar-refractivity contribution in [2.24, 2.45) is 0 Å². The van der Waals surface area contributed by atoms with Crippen LogP contribution in [-0.4, -0.2) is 64.4 Å². The first-order chi connectivity index (χ1) is 13.1. The maximum Gasteiger partial charge on any atom is 0.246 e. The Hall–Kier alpha value is -2.80. The van der Waals surface area contributed by atoms with E-state index in [9.17, 15) is 4.79 Å². The molecule has 3 heterocycles. The van der Waals surface area contributed by atoms with Gasteiger partial charge >= 0.3 is 0 Å². The van der Waals surface area contributed by atoms with Gasteiger partial charge < -0.3 is 15.1 Å². The number of piperidine rings is 1. The quantitative estimate of drug-likeness (QED) is 0.792. The molecule has 2 aromatic heterocycles. The van der Waals surface area contributed by atoms with Gasteiger partial charge in [-0.05, 0) is 44.6 Å². The predicted octanol–water partition coefficient (Wildman–Crippen LogP) is 2.44. The van der Waals surface area contributed by atoms with E-state index in [0.29, 0.717) is 11.7 Å². The van der Waals surface area contributed by atoms with Gasteiger partial charge in [0.2, 0.25) is 5.91 Å². The average molecular weight is 366 g/mol. The molecule has 27 heavy (non-hydrogen) atoms. The minimum Gasteiger partial charge on any atom is -0.339 e. The van der Waals surface area contributed by atoms with E-state index in [1.165, 1.54) is 5.56 Å². The third-order valence-corrected chi connectivity index (χ3v) is 4.54. The minimum absolute atomic E-state index is 0.0912. The van der Waals surface area contributed by atoms with Gasteiger partial charge in [-0.1, -0.05) is 6.08 Å². The molecule has 7 nitrogen and oxygen atoms in total. The van der Waals surface area contributed by atoms with E-state index < -0.39 is 0 Å². The summed E-state index contributed by atoms with van der Waals surface area (Å²) in [6, 6.07) is 4.07. The number of likely N-dealkylation sites (N-methyl/N-ethyl adjacent to an activating group) is 1. The number of hydrogen-bond donors (Lipinski definition) is 1. The Balaban J connectivity index is 1.64. The van der Waals surface area contributed by atoms with Gasteiger partial charge in [-0.25, -0.2) is 9.97 Å². The lowest BCUT2D eigenvalue weighted by molar-refractivity contribution is -0.127. The molecule has 1 amide bonds. The molecule has 1 saturated heterocycles. The maximum absolute atomic E-state index is 12.4. The van der Waals surface area contributed by atoms with Crippen LogP contribution in [0, 0.1) is 0 Å². The van der Waals surface area contributed by atoms with Crippen LogP contribution in [0.2, 0.25) is 0 Å². The normalized spacial score (nSPS) is 17.4. The molecule has 0 saturated carbocycles. The fourth-order valence-corrected chi connectivity index (χ4v) is 3.18. The highest BCUT2D eigenvalue weighted by Gasteiger charge is 2.24. The van der Waals surface area contributed by atoms with Gasteiger partial charge in [-0.15, -0.1) is 0 Å². The highest BCUT2D eigenvalue weighted by atomic mass is 16.2. The summed E-state index contributed by atoms with van der Waals surface area (Å²) in [6.45, 7) is 2.32. The van der Waals surface area contributed by atoms with Gasteiger partial charge in [0.05, 0.1) is 6.20 Å². The number of hydrogen-bond acceptors (Lipinski definition) is 6. The van der Waals surface area contributed by atoms with Crippen molar-refractivity contribution in [3.05, 3.63) is 54.6 Å². The van der Waals surface area contributed by atoms with Crippen molar-refractivity contribution < 1.29 is 4.79 Å². The highest BCUT2D eigenvalue weighted by Crippen LogP contribution is 2.28. The molecule has 1 N–H and O–H groups in total. The van der Waals surface area contributed by atoms with Crippen LogP contribution in [0.25, 0.3) is 0 Å². The van der Waals surface area contributed by atoms with Crippen LogP contribution in [0.3, 0.4) is 0 Å². The third-order valence-electron chi connectivity index (χ3n) is 4.54. The Morgan fingerprint density at radius 3 is 2.93 bits per heavy atom. The van der Waals surface area contributed by atoms with Crippen LogP contribution in [0.1, 0.15) is 24.3 Å². The molecule has 1 aliphatic rings. The standard InChI is InChI=1S/C20H26N6O/c1-25(2)11-4-6-20(27)26-12-3-5-17(15-26)16-7-8-22-18(13-16)24-19-14-21-9-10-23-19/h4,6-10,13-14,17H,3,5,11-12,15H2,1-2H3,(H,22,23,24)/b6-4+. The second-order valence-electron chi connectivity index (χ2n) is 6.98. The Kier molecular flexibility index (Phi) is 6.49. The number of carbonyl (C=O) groups excluding carboxylic acids is 1. The van der Waals surface area contributed by atoms with E-state index in [2.05, 4.69) is 20.3 Å². The number of aromatic nitrogens is 3. The fourth-order valence-electron chi connectivity index (χ4n) is 3.18. The first-order valence-corrected chi connectivity index (χ1v) is 9.21. The number of anilines is 2. The van der Waals surface area contributed by atoms with E-state index in [0.717, 1.165) is 38.3 Å². The summed E-state index contributed by atoms with van der Waals surface area (Å²) in [5.74, 6) is 1.81. The minimum atomic E-state index is 0.0912. The average Bonchev–Trinajstić information content (AvgIpc) is 2.69. The van der Waals surface area contributed by atoms with Crippen molar-refractivity contribution in [2.45, 2.75) is 18.8 Å². The Morgan fingerprint density at radius 2 is 2.15 bits per heavy atom. The van der Waals surface area contributed by atoms with Gasteiger partial charge in [-0.3, -0.25) is 9.78 Å². The molecule has 0 aromatic carbocycles. The summed E-state index contributed by atoms with van der Waals surface area (Å²) in [5, 5.41) is 3.17. The van der Waals surface area contributed by atoms with Crippen LogP contribution in [-0.2, 0) is 4.79 Å². The molecular weight excluding hydrogens is 340 g/mol. The molecule has 7 heteroatoms. The van der Waals surface area contributed by atoms with Gasteiger partial charge in [0.15, 0.2) is 0 Å². The first kappa shape index (κ1) is 19.0. The molecule has 3 rings (SSSR count). The molecule has 0 bridgehead atoms. The summed E-state index contributed by atoms with van der Waals surface area (Å²) in [4.78, 5) is 29.1. The summed E-state index contributed by atoms with van der Waals surface area (Å²) in [6.07, 6.45) is 12.4. The molecule has 142 valence electrons. The number of likely N-dealkylation sites (tertiary alicyclic amines) is 1. The van der Waals surface area contributed by atoms with E-state index in [1.54, 1.807) is 30.9 Å².